The first-order valence-electron chi connectivity index (χ1n) is 6.14. The zero-order valence-electron chi connectivity index (χ0n) is 10.8. The molecule has 1 aliphatic rings. The molecule has 1 heterocycles. The summed E-state index contributed by atoms with van der Waals surface area (Å²) in [6, 6.07) is 4.52. The van der Waals surface area contributed by atoms with Gasteiger partial charge in [-0.05, 0) is 30.5 Å². The Kier molecular flexibility index (Phi) is 3.71. The van der Waals surface area contributed by atoms with Gasteiger partial charge in [-0.25, -0.2) is 13.6 Å². The predicted molar refractivity (Wildman–Crippen MR) is 74.2 cm³/mol. The maximum atomic E-state index is 11.4. The van der Waals surface area contributed by atoms with Crippen molar-refractivity contribution in [2.24, 2.45) is 11.1 Å². The van der Waals surface area contributed by atoms with Gasteiger partial charge in [0.05, 0.1) is 11.0 Å². The average Bonchev–Trinajstić information content (AvgIpc) is 2.31. The zero-order valence-corrected chi connectivity index (χ0v) is 11.6. The van der Waals surface area contributed by atoms with Gasteiger partial charge in [0.1, 0.15) is 0 Å². The SMILES string of the molecule is CC1CCN(c2cc(N)cc(S(N)(=O)=O)c2)CC1O. The van der Waals surface area contributed by atoms with Crippen molar-refractivity contribution >= 4 is 21.4 Å². The molecular formula is C12H19N3O3S. The summed E-state index contributed by atoms with van der Waals surface area (Å²) in [5.74, 6) is 0.245. The molecule has 7 heteroatoms. The number of piperidine rings is 1. The molecule has 6 nitrogen and oxygen atoms in total. The fourth-order valence-electron chi connectivity index (χ4n) is 2.24. The Morgan fingerprint density at radius 3 is 2.63 bits per heavy atom. The number of nitrogens with two attached hydrogens (primary N) is 2. The van der Waals surface area contributed by atoms with E-state index < -0.39 is 16.1 Å². The maximum absolute atomic E-state index is 11.4. The van der Waals surface area contributed by atoms with Gasteiger partial charge < -0.3 is 15.7 Å². The molecule has 1 aromatic carbocycles. The Morgan fingerprint density at radius 2 is 2.05 bits per heavy atom. The van der Waals surface area contributed by atoms with Gasteiger partial charge in [0.2, 0.25) is 10.0 Å². The molecule has 0 aromatic heterocycles. The second-order valence-corrected chi connectivity index (χ2v) is 6.65. The molecule has 0 aliphatic carbocycles. The molecule has 0 saturated carbocycles. The molecule has 2 unspecified atom stereocenters. The van der Waals surface area contributed by atoms with Gasteiger partial charge in [-0.1, -0.05) is 6.92 Å². The molecule has 2 rings (SSSR count). The highest BCUT2D eigenvalue weighted by Crippen LogP contribution is 2.27. The van der Waals surface area contributed by atoms with Crippen molar-refractivity contribution in [2.45, 2.75) is 24.3 Å². The first-order valence-corrected chi connectivity index (χ1v) is 7.68. The van der Waals surface area contributed by atoms with E-state index in [-0.39, 0.29) is 10.8 Å². The third kappa shape index (κ3) is 3.17. The van der Waals surface area contributed by atoms with Crippen LogP contribution in [-0.2, 0) is 10.0 Å². The molecule has 1 saturated heterocycles. The second kappa shape index (κ2) is 4.99. The topological polar surface area (TPSA) is 110 Å². The monoisotopic (exact) mass is 285 g/mol. The van der Waals surface area contributed by atoms with Crippen molar-refractivity contribution in [3.05, 3.63) is 18.2 Å². The summed E-state index contributed by atoms with van der Waals surface area (Å²) in [5, 5.41) is 15.0. The lowest BCUT2D eigenvalue weighted by molar-refractivity contribution is 0.103. The first kappa shape index (κ1) is 14.1. The van der Waals surface area contributed by atoms with E-state index in [2.05, 4.69) is 0 Å². The molecule has 0 spiro atoms. The highest BCUT2D eigenvalue weighted by atomic mass is 32.2. The predicted octanol–water partition coefficient (Wildman–Crippen LogP) is 0.123. The van der Waals surface area contributed by atoms with E-state index in [1.165, 1.54) is 12.1 Å². The number of nitrogen functional groups attached to an aromatic ring is 1. The number of nitrogens with zero attached hydrogens (tertiary/aromatic N) is 1. The number of hydrogen-bond acceptors (Lipinski definition) is 5. The normalized spacial score (nSPS) is 24.5. The Morgan fingerprint density at radius 1 is 1.37 bits per heavy atom. The van der Waals surface area contributed by atoms with Crippen LogP contribution in [0.1, 0.15) is 13.3 Å². The highest BCUT2D eigenvalue weighted by Gasteiger charge is 2.25. The van der Waals surface area contributed by atoms with Crippen molar-refractivity contribution in [1.82, 2.24) is 0 Å². The summed E-state index contributed by atoms with van der Waals surface area (Å²) in [6.07, 6.45) is 0.425. The molecule has 0 radical (unpaired) electrons. The van der Waals surface area contributed by atoms with Gasteiger partial charge in [0, 0.05) is 24.5 Å². The van der Waals surface area contributed by atoms with E-state index in [0.717, 1.165) is 13.0 Å². The van der Waals surface area contributed by atoms with E-state index in [0.29, 0.717) is 17.9 Å². The van der Waals surface area contributed by atoms with Crippen LogP contribution in [0.5, 0.6) is 0 Å². The molecule has 1 fully saturated rings. The third-order valence-electron chi connectivity index (χ3n) is 3.53. The second-order valence-electron chi connectivity index (χ2n) is 5.08. The smallest absolute Gasteiger partial charge is 0.238 e. The number of anilines is 2. The Hall–Kier alpha value is -1.31. The summed E-state index contributed by atoms with van der Waals surface area (Å²) in [4.78, 5) is 1.92. The average molecular weight is 285 g/mol. The fourth-order valence-corrected chi connectivity index (χ4v) is 2.82. The molecule has 5 N–H and O–H groups in total. The van der Waals surface area contributed by atoms with Crippen LogP contribution in [0.4, 0.5) is 11.4 Å². The van der Waals surface area contributed by atoms with E-state index >= 15 is 0 Å². The summed E-state index contributed by atoms with van der Waals surface area (Å²) >= 11 is 0. The standard InChI is InChI=1S/C12H19N3O3S/c1-8-2-3-15(7-12(8)16)10-4-9(13)5-11(6-10)19(14,17)18/h4-6,8,12,16H,2-3,7,13H2,1H3,(H2,14,17,18). The maximum Gasteiger partial charge on any atom is 0.238 e. The number of aliphatic hydroxyl groups is 1. The van der Waals surface area contributed by atoms with Gasteiger partial charge in [0.15, 0.2) is 0 Å². The Bertz CT molecular complexity index is 574. The molecule has 0 bridgehead atoms. The van der Waals surface area contributed by atoms with E-state index in [9.17, 15) is 13.5 Å². The molecule has 2 atom stereocenters. The van der Waals surface area contributed by atoms with Crippen LogP contribution < -0.4 is 15.8 Å². The number of hydrogen-bond donors (Lipinski definition) is 3. The van der Waals surface area contributed by atoms with Crippen molar-refractivity contribution in [3.63, 3.8) is 0 Å². The minimum Gasteiger partial charge on any atom is -0.399 e. The summed E-state index contributed by atoms with van der Waals surface area (Å²) in [7, 11) is -3.78. The zero-order chi connectivity index (χ0) is 14.2. The number of rotatable bonds is 2. The number of primary sulfonamides is 1. The number of sulfonamides is 1. The van der Waals surface area contributed by atoms with Crippen LogP contribution in [0.2, 0.25) is 0 Å². The minimum absolute atomic E-state index is 0.00406. The third-order valence-corrected chi connectivity index (χ3v) is 4.42. The Balaban J connectivity index is 2.33. The van der Waals surface area contributed by atoms with Crippen LogP contribution >= 0.6 is 0 Å². The molecule has 0 amide bonds. The Labute approximate surface area is 113 Å². The van der Waals surface area contributed by atoms with Gasteiger partial charge >= 0.3 is 0 Å². The molecule has 1 aliphatic heterocycles. The minimum atomic E-state index is -3.78. The van der Waals surface area contributed by atoms with Gasteiger partial charge in [-0.3, -0.25) is 0 Å². The van der Waals surface area contributed by atoms with Gasteiger partial charge in [-0.15, -0.1) is 0 Å². The lowest BCUT2D eigenvalue weighted by Gasteiger charge is -2.36. The van der Waals surface area contributed by atoms with E-state index in [1.54, 1.807) is 6.07 Å². The quantitative estimate of drug-likeness (QED) is 0.669. The fraction of sp³-hybridized carbons (Fsp3) is 0.500. The lowest BCUT2D eigenvalue weighted by Crippen LogP contribution is -2.43. The largest absolute Gasteiger partial charge is 0.399 e. The van der Waals surface area contributed by atoms with Gasteiger partial charge in [-0.2, -0.15) is 0 Å². The van der Waals surface area contributed by atoms with E-state index in [1.807, 2.05) is 11.8 Å². The van der Waals surface area contributed by atoms with Crippen LogP contribution in [-0.4, -0.2) is 32.7 Å². The van der Waals surface area contributed by atoms with Gasteiger partial charge in [0.25, 0.3) is 0 Å². The number of aliphatic hydroxyl groups excluding tert-OH is 1. The van der Waals surface area contributed by atoms with Crippen LogP contribution in [0.3, 0.4) is 0 Å². The van der Waals surface area contributed by atoms with Crippen LogP contribution in [0, 0.1) is 5.92 Å². The number of β-amino-alcohol motifs (C(OH)–C–C–N with tert-alkyl or cyclic N) is 1. The number of benzene rings is 1. The molecular weight excluding hydrogens is 266 g/mol. The lowest BCUT2D eigenvalue weighted by atomic mass is 9.95. The van der Waals surface area contributed by atoms with Crippen molar-refractivity contribution in [1.29, 1.82) is 0 Å². The first-order chi connectivity index (χ1) is 8.77. The van der Waals surface area contributed by atoms with E-state index in [4.69, 9.17) is 10.9 Å². The summed E-state index contributed by atoms with van der Waals surface area (Å²) < 4.78 is 22.8. The summed E-state index contributed by atoms with van der Waals surface area (Å²) in [5.41, 5.74) is 6.73. The van der Waals surface area contributed by atoms with Crippen molar-refractivity contribution in [3.8, 4) is 0 Å². The van der Waals surface area contributed by atoms with Crippen LogP contribution in [0.15, 0.2) is 23.1 Å². The van der Waals surface area contributed by atoms with Crippen LogP contribution in [0.25, 0.3) is 0 Å². The molecule has 106 valence electrons. The molecule has 19 heavy (non-hydrogen) atoms. The summed E-state index contributed by atoms with van der Waals surface area (Å²) in [6.45, 7) is 3.22. The van der Waals surface area contributed by atoms with Crippen molar-refractivity contribution < 1.29 is 13.5 Å². The van der Waals surface area contributed by atoms with Crippen molar-refractivity contribution in [2.75, 3.05) is 23.7 Å². The molecule has 1 aromatic rings. The highest BCUT2D eigenvalue weighted by molar-refractivity contribution is 7.89.